The number of carbonyl (C=O) groups is 1. The molecular formula is C19H28N2O3S. The van der Waals surface area contributed by atoms with E-state index in [-0.39, 0.29) is 11.8 Å². The van der Waals surface area contributed by atoms with Crippen molar-refractivity contribution in [3.63, 3.8) is 0 Å². The van der Waals surface area contributed by atoms with Crippen LogP contribution in [0.5, 0.6) is 0 Å². The molecular weight excluding hydrogens is 336 g/mol. The fourth-order valence-corrected chi connectivity index (χ4v) is 5.35. The largest absolute Gasteiger partial charge is 0.346 e. The number of hydrogen-bond donors (Lipinski definition) is 0. The topological polar surface area (TPSA) is 57.7 Å². The van der Waals surface area contributed by atoms with Gasteiger partial charge >= 0.3 is 0 Å². The lowest BCUT2D eigenvalue weighted by molar-refractivity contribution is -0.135. The second-order valence-electron chi connectivity index (χ2n) is 7.17. The van der Waals surface area contributed by atoms with Crippen LogP contribution in [0.15, 0.2) is 23.1 Å². The molecule has 1 aliphatic heterocycles. The smallest absolute Gasteiger partial charge is 0.243 e. The number of benzene rings is 1. The summed E-state index contributed by atoms with van der Waals surface area (Å²) < 4.78 is 27.5. The molecule has 3 rings (SSSR count). The molecule has 0 radical (unpaired) electrons. The highest BCUT2D eigenvalue weighted by atomic mass is 32.2. The SMILES string of the molecule is CCN(C)C(=O)C1CCN(S(=O)(=O)c2ccc3c(c2)CCCC3)CC1. The van der Waals surface area contributed by atoms with Gasteiger partial charge in [0.25, 0.3) is 0 Å². The molecule has 0 bridgehead atoms. The Morgan fingerprint density at radius 2 is 1.80 bits per heavy atom. The van der Waals surface area contributed by atoms with Crippen molar-refractivity contribution in [1.29, 1.82) is 0 Å². The van der Waals surface area contributed by atoms with Gasteiger partial charge in [-0.2, -0.15) is 4.31 Å². The molecule has 1 aromatic rings. The van der Waals surface area contributed by atoms with Crippen LogP contribution < -0.4 is 0 Å². The summed E-state index contributed by atoms with van der Waals surface area (Å²) in [5.74, 6) is 0.0771. The molecule has 1 amide bonds. The first kappa shape index (κ1) is 18.4. The van der Waals surface area contributed by atoms with Crippen molar-refractivity contribution in [2.45, 2.75) is 50.3 Å². The molecule has 1 aliphatic carbocycles. The van der Waals surface area contributed by atoms with E-state index in [1.54, 1.807) is 22.3 Å². The quantitative estimate of drug-likeness (QED) is 0.824. The highest BCUT2D eigenvalue weighted by Gasteiger charge is 2.33. The number of amides is 1. The zero-order valence-corrected chi connectivity index (χ0v) is 16.0. The highest BCUT2D eigenvalue weighted by Crippen LogP contribution is 2.28. The summed E-state index contributed by atoms with van der Waals surface area (Å²) in [5, 5.41) is 0. The molecule has 0 saturated carbocycles. The average molecular weight is 365 g/mol. The van der Waals surface area contributed by atoms with Crippen LogP contribution in [0.4, 0.5) is 0 Å². The number of aryl methyl sites for hydroxylation is 2. The van der Waals surface area contributed by atoms with Crippen LogP contribution in [0.1, 0.15) is 43.7 Å². The van der Waals surface area contributed by atoms with E-state index in [2.05, 4.69) is 0 Å². The molecule has 1 saturated heterocycles. The van der Waals surface area contributed by atoms with Crippen molar-refractivity contribution < 1.29 is 13.2 Å². The van der Waals surface area contributed by atoms with Gasteiger partial charge in [-0.1, -0.05) is 6.07 Å². The molecule has 2 aliphatic rings. The van der Waals surface area contributed by atoms with Gasteiger partial charge in [-0.25, -0.2) is 8.42 Å². The van der Waals surface area contributed by atoms with Crippen LogP contribution >= 0.6 is 0 Å². The first-order valence-electron chi connectivity index (χ1n) is 9.30. The van der Waals surface area contributed by atoms with Crippen LogP contribution in [-0.2, 0) is 27.7 Å². The lowest BCUT2D eigenvalue weighted by Crippen LogP contribution is -2.43. The molecule has 0 unspecified atom stereocenters. The molecule has 5 nitrogen and oxygen atoms in total. The van der Waals surface area contributed by atoms with Crippen molar-refractivity contribution >= 4 is 15.9 Å². The lowest BCUT2D eigenvalue weighted by Gasteiger charge is -2.32. The maximum Gasteiger partial charge on any atom is 0.243 e. The molecule has 6 heteroatoms. The predicted octanol–water partition coefficient (Wildman–Crippen LogP) is 2.44. The maximum absolute atomic E-state index is 13.0. The number of fused-ring (bicyclic) bond motifs is 1. The number of hydrogen-bond acceptors (Lipinski definition) is 3. The van der Waals surface area contributed by atoms with Crippen molar-refractivity contribution in [1.82, 2.24) is 9.21 Å². The number of nitrogens with zero attached hydrogens (tertiary/aromatic N) is 2. The summed E-state index contributed by atoms with van der Waals surface area (Å²) in [7, 11) is -1.66. The van der Waals surface area contributed by atoms with Crippen LogP contribution in [0.3, 0.4) is 0 Å². The van der Waals surface area contributed by atoms with Crippen molar-refractivity contribution in [2.75, 3.05) is 26.7 Å². The number of piperidine rings is 1. The van der Waals surface area contributed by atoms with Crippen molar-refractivity contribution in [3.05, 3.63) is 29.3 Å². The number of sulfonamides is 1. The Labute approximate surface area is 151 Å². The van der Waals surface area contributed by atoms with Crippen molar-refractivity contribution in [3.8, 4) is 0 Å². The Hall–Kier alpha value is -1.40. The fraction of sp³-hybridized carbons (Fsp3) is 0.632. The second-order valence-corrected chi connectivity index (χ2v) is 9.11. The predicted molar refractivity (Wildman–Crippen MR) is 97.9 cm³/mol. The molecule has 138 valence electrons. The minimum Gasteiger partial charge on any atom is -0.346 e. The van der Waals surface area contributed by atoms with Gasteiger partial charge in [0, 0.05) is 32.6 Å². The third kappa shape index (κ3) is 3.75. The Balaban J connectivity index is 1.71. The van der Waals surface area contributed by atoms with Gasteiger partial charge in [-0.3, -0.25) is 4.79 Å². The number of rotatable bonds is 4. The van der Waals surface area contributed by atoms with E-state index in [1.807, 2.05) is 19.1 Å². The maximum atomic E-state index is 13.0. The Bertz CT molecular complexity index is 737. The summed E-state index contributed by atoms with van der Waals surface area (Å²) in [6, 6.07) is 5.60. The van der Waals surface area contributed by atoms with Crippen LogP contribution in [0.2, 0.25) is 0 Å². The molecule has 25 heavy (non-hydrogen) atoms. The van der Waals surface area contributed by atoms with Crippen LogP contribution in [0.25, 0.3) is 0 Å². The van der Waals surface area contributed by atoms with Crippen LogP contribution in [-0.4, -0.2) is 50.2 Å². The van der Waals surface area contributed by atoms with Gasteiger partial charge in [0.15, 0.2) is 0 Å². The van der Waals surface area contributed by atoms with E-state index >= 15 is 0 Å². The van der Waals surface area contributed by atoms with Crippen molar-refractivity contribution in [2.24, 2.45) is 5.92 Å². The van der Waals surface area contributed by atoms with Crippen LogP contribution in [0, 0.1) is 5.92 Å². The minimum atomic E-state index is -3.46. The summed E-state index contributed by atoms with van der Waals surface area (Å²) >= 11 is 0. The standard InChI is InChI=1S/C19H28N2O3S/c1-3-20(2)19(22)16-10-12-21(13-11-16)25(23,24)18-9-8-15-6-4-5-7-17(15)14-18/h8-9,14,16H,3-7,10-13H2,1-2H3. The van der Waals surface area contributed by atoms with E-state index in [9.17, 15) is 13.2 Å². The third-order valence-electron chi connectivity index (χ3n) is 5.61. The second kappa shape index (κ2) is 7.46. The Morgan fingerprint density at radius 1 is 1.16 bits per heavy atom. The molecule has 1 fully saturated rings. The monoisotopic (exact) mass is 364 g/mol. The highest BCUT2D eigenvalue weighted by molar-refractivity contribution is 7.89. The molecule has 0 atom stereocenters. The van der Waals surface area contributed by atoms with Gasteiger partial charge < -0.3 is 4.90 Å². The van der Waals surface area contributed by atoms with E-state index in [4.69, 9.17) is 0 Å². The molecule has 0 aromatic heterocycles. The van der Waals surface area contributed by atoms with E-state index in [0.717, 1.165) is 19.3 Å². The van der Waals surface area contributed by atoms with Gasteiger partial charge in [-0.05, 0) is 68.7 Å². The fourth-order valence-electron chi connectivity index (χ4n) is 3.83. The zero-order valence-electron chi connectivity index (χ0n) is 15.2. The zero-order chi connectivity index (χ0) is 18.0. The minimum absolute atomic E-state index is 0.0556. The molecule has 1 heterocycles. The summed E-state index contributed by atoms with van der Waals surface area (Å²) in [6.07, 6.45) is 5.55. The third-order valence-corrected chi connectivity index (χ3v) is 7.51. The lowest BCUT2D eigenvalue weighted by atomic mass is 9.92. The summed E-state index contributed by atoms with van der Waals surface area (Å²) in [4.78, 5) is 14.4. The van der Waals surface area contributed by atoms with E-state index < -0.39 is 10.0 Å². The molecule has 1 aromatic carbocycles. The Morgan fingerprint density at radius 3 is 2.44 bits per heavy atom. The van der Waals surface area contributed by atoms with Gasteiger partial charge in [0.1, 0.15) is 0 Å². The normalized spacial score (nSPS) is 19.4. The summed E-state index contributed by atoms with van der Waals surface area (Å²) in [5.41, 5.74) is 2.47. The molecule has 0 spiro atoms. The van der Waals surface area contributed by atoms with Gasteiger partial charge in [0.05, 0.1) is 4.90 Å². The van der Waals surface area contributed by atoms with E-state index in [1.165, 1.54) is 17.5 Å². The Kier molecular flexibility index (Phi) is 5.49. The molecule has 0 N–H and O–H groups in total. The first-order valence-corrected chi connectivity index (χ1v) is 10.7. The van der Waals surface area contributed by atoms with Gasteiger partial charge in [0.2, 0.25) is 15.9 Å². The van der Waals surface area contributed by atoms with Gasteiger partial charge in [-0.15, -0.1) is 0 Å². The number of carbonyl (C=O) groups excluding carboxylic acids is 1. The summed E-state index contributed by atoms with van der Waals surface area (Å²) in [6.45, 7) is 3.49. The van der Waals surface area contributed by atoms with E-state index in [0.29, 0.717) is 37.4 Å². The first-order chi connectivity index (χ1) is 11.9. The average Bonchev–Trinajstić information content (AvgIpc) is 2.66.